The number of halogens is 1. The van der Waals surface area contributed by atoms with Crippen molar-refractivity contribution in [2.24, 2.45) is 0 Å². The molecule has 0 bridgehead atoms. The van der Waals surface area contributed by atoms with Gasteiger partial charge in [0.05, 0.1) is 17.3 Å². The topological polar surface area (TPSA) is 88.5 Å². The predicted molar refractivity (Wildman–Crippen MR) is 130 cm³/mol. The number of nitrogens with one attached hydrogen (secondary N) is 2. The van der Waals surface area contributed by atoms with Crippen LogP contribution >= 0.6 is 12.4 Å². The zero-order valence-electron chi connectivity index (χ0n) is 18.8. The second kappa shape index (κ2) is 8.64. The van der Waals surface area contributed by atoms with Crippen LogP contribution in [-0.4, -0.2) is 36.8 Å². The number of hydrogen-bond acceptors (Lipinski definition) is 5. The Hall–Kier alpha value is -2.77. The molecule has 32 heavy (non-hydrogen) atoms. The van der Waals surface area contributed by atoms with E-state index in [1.807, 2.05) is 23.9 Å². The minimum atomic E-state index is -0.122. The van der Waals surface area contributed by atoms with Gasteiger partial charge in [-0.2, -0.15) is 5.10 Å². The minimum absolute atomic E-state index is 0. The van der Waals surface area contributed by atoms with Gasteiger partial charge in [0.25, 0.3) is 5.56 Å². The van der Waals surface area contributed by atoms with E-state index in [2.05, 4.69) is 54.3 Å². The van der Waals surface area contributed by atoms with Gasteiger partial charge in [-0.1, -0.05) is 18.2 Å². The fourth-order valence-electron chi connectivity index (χ4n) is 4.98. The van der Waals surface area contributed by atoms with Gasteiger partial charge in [0, 0.05) is 30.1 Å². The van der Waals surface area contributed by atoms with Crippen LogP contribution in [-0.2, 0) is 6.42 Å². The number of aromatic amines is 1. The number of piperidine rings is 1. The van der Waals surface area contributed by atoms with Crippen LogP contribution in [0.1, 0.15) is 55.4 Å². The lowest BCUT2D eigenvalue weighted by Crippen LogP contribution is -2.43. The van der Waals surface area contributed by atoms with Crippen molar-refractivity contribution in [1.82, 2.24) is 30.0 Å². The maximum absolute atomic E-state index is 12.9. The molecule has 1 aromatic carbocycles. The van der Waals surface area contributed by atoms with E-state index in [4.69, 9.17) is 10.1 Å². The summed E-state index contributed by atoms with van der Waals surface area (Å²) in [5.74, 6) is 0.641. The summed E-state index contributed by atoms with van der Waals surface area (Å²) in [7, 11) is 0. The monoisotopic (exact) mass is 452 g/mol. The normalized spacial score (nSPS) is 21.1. The fraction of sp³-hybridized carbons (Fsp3) is 0.417. The van der Waals surface area contributed by atoms with Crippen molar-refractivity contribution in [3.63, 3.8) is 0 Å². The minimum Gasteiger partial charge on any atom is -0.312 e. The molecule has 1 saturated heterocycles. The Labute approximate surface area is 193 Å². The van der Waals surface area contributed by atoms with Crippen molar-refractivity contribution in [2.45, 2.75) is 65.1 Å². The summed E-state index contributed by atoms with van der Waals surface area (Å²) >= 11 is 0. The molecule has 0 amide bonds. The SMILES string of the molecule is Cc1cccc2cc(Cc3nc4c(c(C)nn4C4C[C@@H](C)N[C@H](C)C4)c(=O)[nH]3)cnc12.Cl. The molecular formula is C24H29ClN6O. The summed E-state index contributed by atoms with van der Waals surface area (Å²) < 4.78 is 1.99. The molecule has 3 aromatic heterocycles. The third-order valence-corrected chi connectivity index (χ3v) is 6.29. The Morgan fingerprint density at radius 2 is 1.91 bits per heavy atom. The number of aromatic nitrogens is 5. The first-order chi connectivity index (χ1) is 14.9. The maximum atomic E-state index is 12.9. The van der Waals surface area contributed by atoms with Crippen LogP contribution in [0.2, 0.25) is 0 Å². The molecule has 1 aliphatic heterocycles. The summed E-state index contributed by atoms with van der Waals surface area (Å²) in [6, 6.07) is 9.33. The van der Waals surface area contributed by atoms with Gasteiger partial charge in [-0.3, -0.25) is 9.78 Å². The number of pyridine rings is 1. The van der Waals surface area contributed by atoms with Crippen LogP contribution < -0.4 is 10.9 Å². The Bertz CT molecular complexity index is 1330. The van der Waals surface area contributed by atoms with Gasteiger partial charge >= 0.3 is 0 Å². The summed E-state index contributed by atoms with van der Waals surface area (Å²) in [6.45, 7) is 8.34. The van der Waals surface area contributed by atoms with Gasteiger partial charge in [-0.05, 0) is 57.7 Å². The van der Waals surface area contributed by atoms with Crippen LogP contribution in [0.3, 0.4) is 0 Å². The maximum Gasteiger partial charge on any atom is 0.262 e. The molecule has 4 aromatic rings. The fourth-order valence-corrected chi connectivity index (χ4v) is 4.98. The lowest BCUT2D eigenvalue weighted by molar-refractivity contribution is 0.253. The number of rotatable bonds is 3. The quantitative estimate of drug-likeness (QED) is 0.490. The first-order valence-corrected chi connectivity index (χ1v) is 11.0. The number of aryl methyl sites for hydroxylation is 2. The van der Waals surface area contributed by atoms with E-state index in [0.717, 1.165) is 40.6 Å². The molecule has 0 aliphatic carbocycles. The summed E-state index contributed by atoms with van der Waals surface area (Å²) in [5.41, 5.74) is 4.48. The van der Waals surface area contributed by atoms with Crippen molar-refractivity contribution in [3.8, 4) is 0 Å². The van der Waals surface area contributed by atoms with Gasteiger partial charge < -0.3 is 10.3 Å². The van der Waals surface area contributed by atoms with Crippen molar-refractivity contribution >= 4 is 34.3 Å². The highest BCUT2D eigenvalue weighted by Crippen LogP contribution is 2.28. The van der Waals surface area contributed by atoms with Crippen LogP contribution in [0.4, 0.5) is 0 Å². The van der Waals surface area contributed by atoms with E-state index < -0.39 is 0 Å². The van der Waals surface area contributed by atoms with Crippen LogP contribution in [0, 0.1) is 13.8 Å². The zero-order valence-corrected chi connectivity index (χ0v) is 19.7. The van der Waals surface area contributed by atoms with Crippen molar-refractivity contribution in [1.29, 1.82) is 0 Å². The van der Waals surface area contributed by atoms with E-state index in [1.165, 1.54) is 0 Å². The Morgan fingerprint density at radius 3 is 2.66 bits per heavy atom. The van der Waals surface area contributed by atoms with Gasteiger partial charge in [0.2, 0.25) is 0 Å². The number of nitrogens with zero attached hydrogens (tertiary/aromatic N) is 4. The number of fused-ring (bicyclic) bond motifs is 2. The highest BCUT2D eigenvalue weighted by Gasteiger charge is 2.28. The molecule has 0 saturated carbocycles. The van der Waals surface area contributed by atoms with Crippen LogP contribution in [0.5, 0.6) is 0 Å². The van der Waals surface area contributed by atoms with Crippen LogP contribution in [0.15, 0.2) is 35.3 Å². The largest absolute Gasteiger partial charge is 0.312 e. The van der Waals surface area contributed by atoms with Gasteiger partial charge in [0.1, 0.15) is 11.2 Å². The van der Waals surface area contributed by atoms with E-state index in [9.17, 15) is 4.79 Å². The average molecular weight is 453 g/mol. The third-order valence-electron chi connectivity index (χ3n) is 6.29. The lowest BCUT2D eigenvalue weighted by Gasteiger charge is -2.33. The summed E-state index contributed by atoms with van der Waals surface area (Å²) in [5, 5.41) is 10.00. The molecule has 5 rings (SSSR count). The molecule has 168 valence electrons. The molecular weight excluding hydrogens is 424 g/mol. The molecule has 0 radical (unpaired) electrons. The summed E-state index contributed by atoms with van der Waals surface area (Å²) in [6.07, 6.45) is 4.33. The Morgan fingerprint density at radius 1 is 1.16 bits per heavy atom. The molecule has 2 N–H and O–H groups in total. The number of para-hydroxylation sites is 1. The van der Waals surface area contributed by atoms with Gasteiger partial charge in [-0.25, -0.2) is 9.67 Å². The number of benzene rings is 1. The second-order valence-corrected chi connectivity index (χ2v) is 9.00. The van der Waals surface area contributed by atoms with Crippen molar-refractivity contribution in [3.05, 3.63) is 63.5 Å². The van der Waals surface area contributed by atoms with Crippen molar-refractivity contribution in [2.75, 3.05) is 0 Å². The first-order valence-electron chi connectivity index (χ1n) is 11.0. The highest BCUT2D eigenvalue weighted by atomic mass is 35.5. The average Bonchev–Trinajstić information content (AvgIpc) is 3.04. The zero-order chi connectivity index (χ0) is 21.7. The van der Waals surface area contributed by atoms with Crippen molar-refractivity contribution < 1.29 is 0 Å². The molecule has 0 spiro atoms. The molecule has 4 heterocycles. The first kappa shape index (κ1) is 22.4. The van der Waals surface area contributed by atoms with E-state index in [-0.39, 0.29) is 24.0 Å². The Kier molecular flexibility index (Phi) is 6.05. The number of hydrogen-bond donors (Lipinski definition) is 2. The molecule has 0 unspecified atom stereocenters. The molecule has 8 heteroatoms. The Balaban J connectivity index is 0.00000245. The smallest absolute Gasteiger partial charge is 0.262 e. The summed E-state index contributed by atoms with van der Waals surface area (Å²) in [4.78, 5) is 25.4. The lowest BCUT2D eigenvalue weighted by atomic mass is 9.95. The third kappa shape index (κ3) is 4.02. The molecule has 2 atom stereocenters. The number of H-pyrrole nitrogens is 1. The van der Waals surface area contributed by atoms with Gasteiger partial charge in [-0.15, -0.1) is 12.4 Å². The van der Waals surface area contributed by atoms with Crippen LogP contribution in [0.25, 0.3) is 21.9 Å². The van der Waals surface area contributed by atoms with E-state index >= 15 is 0 Å². The standard InChI is InChI=1S/C24H28N6O.ClH/c1-13-6-5-7-18-10-17(12-25-22(13)18)11-20-27-23-21(24(31)28-20)16(4)29-30(23)19-8-14(2)26-15(3)9-19;/h5-7,10,12,14-15,19,26H,8-9,11H2,1-4H3,(H,27,28,31);1H/t14-,15-;/m1./s1. The van der Waals surface area contributed by atoms with Gasteiger partial charge in [0.15, 0.2) is 5.65 Å². The molecule has 7 nitrogen and oxygen atoms in total. The second-order valence-electron chi connectivity index (χ2n) is 9.00. The molecule has 1 fully saturated rings. The predicted octanol–water partition coefficient (Wildman–Crippen LogP) is 4.00. The van der Waals surface area contributed by atoms with E-state index in [0.29, 0.717) is 35.4 Å². The molecule has 1 aliphatic rings. The van der Waals surface area contributed by atoms with E-state index in [1.54, 1.807) is 0 Å². The highest BCUT2D eigenvalue weighted by molar-refractivity contribution is 5.85.